The van der Waals surface area contributed by atoms with Crippen LogP contribution in [0.3, 0.4) is 0 Å². The summed E-state index contributed by atoms with van der Waals surface area (Å²) in [4.78, 5) is 0. The molecule has 98 valence electrons. The van der Waals surface area contributed by atoms with Crippen molar-refractivity contribution in [1.82, 2.24) is 5.32 Å². The van der Waals surface area contributed by atoms with Crippen molar-refractivity contribution in [3.05, 3.63) is 57.8 Å². The minimum absolute atomic E-state index is 0.0884. The summed E-state index contributed by atoms with van der Waals surface area (Å²) in [7, 11) is 0. The molecule has 1 aromatic carbocycles. The number of benzene rings is 1. The molecule has 2 heterocycles. The van der Waals surface area contributed by atoms with Crippen molar-refractivity contribution >= 4 is 37.4 Å². The first-order valence-corrected chi connectivity index (χ1v) is 7.91. The molecule has 3 aromatic rings. The van der Waals surface area contributed by atoms with Crippen LogP contribution in [0, 0.1) is 0 Å². The fourth-order valence-electron chi connectivity index (χ4n) is 2.28. The molecule has 0 aliphatic rings. The fraction of sp³-hybridized carbons (Fsp3) is 0.200. The van der Waals surface area contributed by atoms with Gasteiger partial charge in [0.1, 0.15) is 5.76 Å². The number of nitrogens with one attached hydrogen (secondary N) is 1. The van der Waals surface area contributed by atoms with Crippen LogP contribution in [-0.4, -0.2) is 6.54 Å². The molecule has 0 amide bonds. The summed E-state index contributed by atoms with van der Waals surface area (Å²) in [5.41, 5.74) is 1.28. The quantitative estimate of drug-likeness (QED) is 0.729. The van der Waals surface area contributed by atoms with Gasteiger partial charge in [-0.3, -0.25) is 0 Å². The Morgan fingerprint density at radius 1 is 1.32 bits per heavy atom. The van der Waals surface area contributed by atoms with Gasteiger partial charge in [0.05, 0.1) is 16.8 Å². The van der Waals surface area contributed by atoms with Gasteiger partial charge in [0.25, 0.3) is 0 Å². The second-order valence-electron chi connectivity index (χ2n) is 4.31. The molecule has 0 saturated heterocycles. The van der Waals surface area contributed by atoms with Crippen molar-refractivity contribution in [2.45, 2.75) is 13.0 Å². The zero-order valence-corrected chi connectivity index (χ0v) is 12.9. The molecule has 0 aliphatic carbocycles. The average molecular weight is 336 g/mol. The van der Waals surface area contributed by atoms with Crippen LogP contribution in [0.4, 0.5) is 0 Å². The molecular weight excluding hydrogens is 322 g/mol. The molecule has 19 heavy (non-hydrogen) atoms. The van der Waals surface area contributed by atoms with E-state index < -0.39 is 0 Å². The molecule has 0 spiro atoms. The predicted octanol–water partition coefficient (Wildman–Crippen LogP) is 4.96. The van der Waals surface area contributed by atoms with Gasteiger partial charge in [-0.15, -0.1) is 11.3 Å². The Morgan fingerprint density at radius 3 is 2.89 bits per heavy atom. The summed E-state index contributed by atoms with van der Waals surface area (Å²) in [6, 6.07) is 10.5. The van der Waals surface area contributed by atoms with Crippen molar-refractivity contribution in [2.24, 2.45) is 0 Å². The van der Waals surface area contributed by atoms with Gasteiger partial charge < -0.3 is 9.73 Å². The average Bonchev–Trinajstić information content (AvgIpc) is 3.03. The number of rotatable bonds is 4. The Labute approximate surface area is 124 Å². The highest BCUT2D eigenvalue weighted by atomic mass is 79.9. The fourth-order valence-corrected chi connectivity index (χ4v) is 3.70. The van der Waals surface area contributed by atoms with E-state index in [1.807, 2.05) is 6.07 Å². The van der Waals surface area contributed by atoms with E-state index in [2.05, 4.69) is 57.8 Å². The summed E-state index contributed by atoms with van der Waals surface area (Å²) in [5.74, 6) is 0.936. The highest BCUT2D eigenvalue weighted by molar-refractivity contribution is 9.10. The lowest BCUT2D eigenvalue weighted by molar-refractivity contribution is 0.451. The second kappa shape index (κ2) is 5.49. The molecule has 2 nitrogen and oxygen atoms in total. The van der Waals surface area contributed by atoms with Crippen LogP contribution in [0.25, 0.3) is 10.1 Å². The third-order valence-electron chi connectivity index (χ3n) is 3.14. The van der Waals surface area contributed by atoms with Crippen LogP contribution >= 0.6 is 27.3 Å². The third kappa shape index (κ3) is 2.36. The maximum absolute atomic E-state index is 5.65. The Balaban J connectivity index is 2.12. The van der Waals surface area contributed by atoms with E-state index in [0.717, 1.165) is 16.8 Å². The van der Waals surface area contributed by atoms with Crippen molar-refractivity contribution < 1.29 is 4.42 Å². The van der Waals surface area contributed by atoms with Crippen LogP contribution in [0.15, 0.2) is 50.9 Å². The largest absolute Gasteiger partial charge is 0.466 e. The molecule has 3 rings (SSSR count). The molecule has 0 fully saturated rings. The lowest BCUT2D eigenvalue weighted by Crippen LogP contribution is -2.21. The lowest BCUT2D eigenvalue weighted by Gasteiger charge is -2.16. The van der Waals surface area contributed by atoms with E-state index in [9.17, 15) is 0 Å². The van der Waals surface area contributed by atoms with Gasteiger partial charge >= 0.3 is 0 Å². The number of furan rings is 1. The Morgan fingerprint density at radius 2 is 2.16 bits per heavy atom. The molecule has 0 aliphatic heterocycles. The molecular formula is C15H14BrNOS. The SMILES string of the molecule is CCNC(c1occc1Br)c1csc2ccccc12. The van der Waals surface area contributed by atoms with Crippen LogP contribution in [-0.2, 0) is 0 Å². The van der Waals surface area contributed by atoms with Crippen molar-refractivity contribution in [3.63, 3.8) is 0 Å². The van der Waals surface area contributed by atoms with Crippen LogP contribution < -0.4 is 5.32 Å². The zero-order chi connectivity index (χ0) is 13.2. The zero-order valence-electron chi connectivity index (χ0n) is 10.5. The molecule has 1 unspecified atom stereocenters. The normalized spacial score (nSPS) is 12.9. The first-order valence-electron chi connectivity index (χ1n) is 6.23. The number of halogens is 1. The summed E-state index contributed by atoms with van der Waals surface area (Å²) in [5, 5.41) is 7.01. The van der Waals surface area contributed by atoms with Gasteiger partial charge in [0.2, 0.25) is 0 Å². The molecule has 0 radical (unpaired) electrons. The van der Waals surface area contributed by atoms with Crippen LogP contribution in [0.5, 0.6) is 0 Å². The van der Waals surface area contributed by atoms with E-state index in [4.69, 9.17) is 4.42 Å². The van der Waals surface area contributed by atoms with Gasteiger partial charge in [0.15, 0.2) is 0 Å². The van der Waals surface area contributed by atoms with Gasteiger partial charge in [-0.1, -0.05) is 25.1 Å². The lowest BCUT2D eigenvalue weighted by atomic mass is 10.0. The summed E-state index contributed by atoms with van der Waals surface area (Å²) in [6.07, 6.45) is 1.72. The van der Waals surface area contributed by atoms with E-state index >= 15 is 0 Å². The molecule has 1 N–H and O–H groups in total. The monoisotopic (exact) mass is 335 g/mol. The van der Waals surface area contributed by atoms with E-state index in [0.29, 0.717) is 0 Å². The van der Waals surface area contributed by atoms with E-state index in [1.165, 1.54) is 15.6 Å². The molecule has 0 bridgehead atoms. The Kier molecular flexibility index (Phi) is 3.73. The van der Waals surface area contributed by atoms with Gasteiger partial charge in [-0.2, -0.15) is 0 Å². The van der Waals surface area contributed by atoms with E-state index in [-0.39, 0.29) is 6.04 Å². The highest BCUT2D eigenvalue weighted by Crippen LogP contribution is 2.36. The maximum atomic E-state index is 5.65. The summed E-state index contributed by atoms with van der Waals surface area (Å²) < 4.78 is 7.96. The van der Waals surface area contributed by atoms with Crippen LogP contribution in [0.1, 0.15) is 24.3 Å². The second-order valence-corrected chi connectivity index (χ2v) is 6.08. The molecule has 2 aromatic heterocycles. The summed E-state index contributed by atoms with van der Waals surface area (Å²) >= 11 is 5.33. The minimum atomic E-state index is 0.0884. The van der Waals surface area contributed by atoms with Gasteiger partial charge in [-0.05, 0) is 50.9 Å². The molecule has 4 heteroatoms. The van der Waals surface area contributed by atoms with Gasteiger partial charge in [-0.25, -0.2) is 0 Å². The number of fused-ring (bicyclic) bond motifs is 1. The molecule has 0 saturated carbocycles. The first-order chi connectivity index (χ1) is 9.31. The number of hydrogen-bond donors (Lipinski definition) is 1. The predicted molar refractivity (Wildman–Crippen MR) is 83.8 cm³/mol. The van der Waals surface area contributed by atoms with Crippen molar-refractivity contribution in [2.75, 3.05) is 6.54 Å². The van der Waals surface area contributed by atoms with E-state index in [1.54, 1.807) is 17.6 Å². The standard InChI is InChI=1S/C15H14BrNOS/c1-2-17-14(15-12(16)7-8-18-15)11-9-19-13-6-4-3-5-10(11)13/h3-9,14,17H,2H2,1H3. The Hall–Kier alpha value is -1.10. The van der Waals surface area contributed by atoms with Crippen molar-refractivity contribution in [3.8, 4) is 0 Å². The topological polar surface area (TPSA) is 25.2 Å². The maximum Gasteiger partial charge on any atom is 0.139 e. The highest BCUT2D eigenvalue weighted by Gasteiger charge is 2.21. The number of hydrogen-bond acceptors (Lipinski definition) is 3. The van der Waals surface area contributed by atoms with Gasteiger partial charge in [0, 0.05) is 4.70 Å². The smallest absolute Gasteiger partial charge is 0.139 e. The summed E-state index contributed by atoms with van der Waals surface area (Å²) in [6.45, 7) is 3.00. The Bertz CT molecular complexity index is 688. The third-order valence-corrected chi connectivity index (χ3v) is 4.77. The van der Waals surface area contributed by atoms with Crippen LogP contribution in [0.2, 0.25) is 0 Å². The first kappa shape index (κ1) is 12.9. The minimum Gasteiger partial charge on any atom is -0.466 e. The molecule has 1 atom stereocenters. The number of thiophene rings is 1. The van der Waals surface area contributed by atoms with Crippen molar-refractivity contribution in [1.29, 1.82) is 0 Å².